The first-order valence-electron chi connectivity index (χ1n) is 7.94. The third kappa shape index (κ3) is 3.82. The van der Waals surface area contributed by atoms with Crippen molar-refractivity contribution in [3.63, 3.8) is 0 Å². The van der Waals surface area contributed by atoms with Gasteiger partial charge in [0.2, 0.25) is 0 Å². The lowest BCUT2D eigenvalue weighted by Gasteiger charge is -2.42. The van der Waals surface area contributed by atoms with Gasteiger partial charge in [0.25, 0.3) is 0 Å². The Kier molecular flexibility index (Phi) is 5.08. The molecule has 19 heavy (non-hydrogen) atoms. The van der Waals surface area contributed by atoms with Crippen LogP contribution in [0.15, 0.2) is 11.6 Å². The number of unbranched alkanes of at least 4 members (excludes halogenated alkanes) is 1. The molecule has 1 heterocycles. The van der Waals surface area contributed by atoms with E-state index in [2.05, 4.69) is 33.8 Å². The van der Waals surface area contributed by atoms with Gasteiger partial charge in [0.15, 0.2) is 6.29 Å². The van der Waals surface area contributed by atoms with Crippen LogP contribution in [0.4, 0.5) is 0 Å². The van der Waals surface area contributed by atoms with E-state index in [4.69, 9.17) is 9.47 Å². The highest BCUT2D eigenvalue weighted by atomic mass is 16.7. The SMILES string of the molecule is CCCCC1(C)COC(C2CCC(C)=CC2C)OC1. The van der Waals surface area contributed by atoms with Crippen LogP contribution in [-0.4, -0.2) is 19.5 Å². The van der Waals surface area contributed by atoms with Crippen molar-refractivity contribution in [2.24, 2.45) is 17.3 Å². The normalized spacial score (nSPS) is 40.0. The molecule has 0 aromatic carbocycles. The van der Waals surface area contributed by atoms with E-state index in [1.54, 1.807) is 0 Å². The Labute approximate surface area is 118 Å². The molecule has 2 atom stereocenters. The molecule has 2 rings (SSSR count). The highest BCUT2D eigenvalue weighted by molar-refractivity contribution is 5.06. The Balaban J connectivity index is 1.86. The molecule has 2 heteroatoms. The van der Waals surface area contributed by atoms with Gasteiger partial charge in [-0.25, -0.2) is 0 Å². The number of hydrogen-bond donors (Lipinski definition) is 0. The smallest absolute Gasteiger partial charge is 0.160 e. The Morgan fingerprint density at radius 1 is 1.32 bits per heavy atom. The molecule has 110 valence electrons. The van der Waals surface area contributed by atoms with E-state index in [9.17, 15) is 0 Å². The van der Waals surface area contributed by atoms with Crippen LogP contribution in [0.1, 0.15) is 59.8 Å². The Morgan fingerprint density at radius 3 is 2.58 bits per heavy atom. The first-order chi connectivity index (χ1) is 9.04. The van der Waals surface area contributed by atoms with E-state index in [-0.39, 0.29) is 11.7 Å². The predicted molar refractivity (Wildman–Crippen MR) is 79.0 cm³/mol. The van der Waals surface area contributed by atoms with Gasteiger partial charge in [-0.2, -0.15) is 0 Å². The Bertz CT molecular complexity index is 313. The average Bonchev–Trinajstić information content (AvgIpc) is 2.38. The molecule has 1 aliphatic heterocycles. The zero-order valence-electron chi connectivity index (χ0n) is 13.1. The largest absolute Gasteiger partial charge is 0.352 e. The topological polar surface area (TPSA) is 18.5 Å². The van der Waals surface area contributed by atoms with Crippen LogP contribution < -0.4 is 0 Å². The summed E-state index contributed by atoms with van der Waals surface area (Å²) >= 11 is 0. The highest BCUT2D eigenvalue weighted by Crippen LogP contribution is 2.37. The quantitative estimate of drug-likeness (QED) is 0.695. The summed E-state index contributed by atoms with van der Waals surface area (Å²) in [5.41, 5.74) is 1.75. The van der Waals surface area contributed by atoms with Crippen molar-refractivity contribution in [2.45, 2.75) is 66.1 Å². The summed E-state index contributed by atoms with van der Waals surface area (Å²) in [6, 6.07) is 0. The van der Waals surface area contributed by atoms with Gasteiger partial charge in [0.05, 0.1) is 13.2 Å². The molecule has 2 unspecified atom stereocenters. The van der Waals surface area contributed by atoms with Gasteiger partial charge in [-0.3, -0.25) is 0 Å². The van der Waals surface area contributed by atoms with Crippen molar-refractivity contribution in [2.75, 3.05) is 13.2 Å². The molecule has 1 aliphatic carbocycles. The summed E-state index contributed by atoms with van der Waals surface area (Å²) in [4.78, 5) is 0. The minimum Gasteiger partial charge on any atom is -0.352 e. The Hall–Kier alpha value is -0.340. The van der Waals surface area contributed by atoms with Crippen molar-refractivity contribution in [1.29, 1.82) is 0 Å². The monoisotopic (exact) mass is 266 g/mol. The maximum Gasteiger partial charge on any atom is 0.160 e. The molecule has 0 radical (unpaired) electrons. The second kappa shape index (κ2) is 6.41. The fourth-order valence-corrected chi connectivity index (χ4v) is 3.35. The molecule has 0 amide bonds. The lowest BCUT2D eigenvalue weighted by atomic mass is 9.80. The molecule has 0 N–H and O–H groups in total. The fourth-order valence-electron chi connectivity index (χ4n) is 3.35. The maximum absolute atomic E-state index is 6.08. The number of rotatable bonds is 4. The molecule has 2 nitrogen and oxygen atoms in total. The van der Waals surface area contributed by atoms with E-state index < -0.39 is 0 Å². The number of ether oxygens (including phenoxy) is 2. The van der Waals surface area contributed by atoms with Crippen LogP contribution in [0.25, 0.3) is 0 Å². The van der Waals surface area contributed by atoms with Crippen molar-refractivity contribution in [3.05, 3.63) is 11.6 Å². The summed E-state index contributed by atoms with van der Waals surface area (Å²) in [6.07, 6.45) is 8.57. The van der Waals surface area contributed by atoms with Crippen LogP contribution in [0, 0.1) is 17.3 Å². The molecule has 2 aliphatic rings. The molecule has 0 bridgehead atoms. The van der Waals surface area contributed by atoms with Crippen molar-refractivity contribution >= 4 is 0 Å². The average molecular weight is 266 g/mol. The first kappa shape index (κ1) is 15.1. The lowest BCUT2D eigenvalue weighted by Crippen LogP contribution is -2.44. The number of hydrogen-bond acceptors (Lipinski definition) is 2. The molecule has 0 aromatic rings. The van der Waals surface area contributed by atoms with E-state index in [0.717, 1.165) is 13.2 Å². The van der Waals surface area contributed by atoms with Crippen molar-refractivity contribution in [3.8, 4) is 0 Å². The van der Waals surface area contributed by atoms with Gasteiger partial charge in [-0.15, -0.1) is 0 Å². The third-order valence-corrected chi connectivity index (χ3v) is 4.77. The van der Waals surface area contributed by atoms with E-state index in [1.165, 1.54) is 37.7 Å². The minimum atomic E-state index is 0.0223. The van der Waals surface area contributed by atoms with Gasteiger partial charge in [0.1, 0.15) is 0 Å². The van der Waals surface area contributed by atoms with E-state index in [1.807, 2.05) is 0 Å². The summed E-state index contributed by atoms with van der Waals surface area (Å²) in [5, 5.41) is 0. The van der Waals surface area contributed by atoms with Crippen LogP contribution in [-0.2, 0) is 9.47 Å². The second-order valence-corrected chi connectivity index (χ2v) is 6.98. The van der Waals surface area contributed by atoms with Gasteiger partial charge < -0.3 is 9.47 Å². The van der Waals surface area contributed by atoms with Gasteiger partial charge >= 0.3 is 0 Å². The van der Waals surface area contributed by atoms with Crippen LogP contribution in [0.2, 0.25) is 0 Å². The lowest BCUT2D eigenvalue weighted by molar-refractivity contribution is -0.253. The van der Waals surface area contributed by atoms with Crippen molar-refractivity contribution < 1.29 is 9.47 Å². The maximum atomic E-state index is 6.08. The standard InChI is InChI=1S/C17H30O2/c1-5-6-9-17(4)11-18-16(19-12-17)15-8-7-13(2)10-14(15)3/h10,14-16H,5-9,11-12H2,1-4H3. The Morgan fingerprint density at radius 2 is 2.00 bits per heavy atom. The predicted octanol–water partition coefficient (Wildman–Crippen LogP) is 4.55. The second-order valence-electron chi connectivity index (χ2n) is 6.98. The van der Waals surface area contributed by atoms with Gasteiger partial charge in [-0.1, -0.05) is 45.3 Å². The molecule has 1 fully saturated rings. The van der Waals surface area contributed by atoms with Crippen molar-refractivity contribution in [1.82, 2.24) is 0 Å². The van der Waals surface area contributed by atoms with Crippen LogP contribution in [0.3, 0.4) is 0 Å². The molecule has 0 aromatic heterocycles. The first-order valence-corrected chi connectivity index (χ1v) is 7.94. The van der Waals surface area contributed by atoms with Gasteiger partial charge in [0, 0.05) is 11.3 Å². The minimum absolute atomic E-state index is 0.0223. The highest BCUT2D eigenvalue weighted by Gasteiger charge is 2.37. The zero-order valence-corrected chi connectivity index (χ0v) is 13.1. The van der Waals surface area contributed by atoms with Gasteiger partial charge in [-0.05, 0) is 32.1 Å². The zero-order chi connectivity index (χ0) is 13.9. The number of allylic oxidation sites excluding steroid dienone is 2. The molecular weight excluding hydrogens is 236 g/mol. The van der Waals surface area contributed by atoms with Crippen LogP contribution in [0.5, 0.6) is 0 Å². The summed E-state index contributed by atoms with van der Waals surface area (Å²) in [6.45, 7) is 10.8. The van der Waals surface area contributed by atoms with E-state index >= 15 is 0 Å². The summed E-state index contributed by atoms with van der Waals surface area (Å²) in [7, 11) is 0. The van der Waals surface area contributed by atoms with E-state index in [0.29, 0.717) is 11.8 Å². The molecule has 0 spiro atoms. The fraction of sp³-hybridized carbons (Fsp3) is 0.882. The molecule has 0 saturated carbocycles. The molecule has 1 saturated heterocycles. The van der Waals surface area contributed by atoms with Crippen LogP contribution >= 0.6 is 0 Å². The molecular formula is C17H30O2. The summed E-state index contributed by atoms with van der Waals surface area (Å²) < 4.78 is 12.2. The third-order valence-electron chi connectivity index (χ3n) is 4.77. The summed E-state index contributed by atoms with van der Waals surface area (Å²) in [5.74, 6) is 1.12.